The van der Waals surface area contributed by atoms with Gasteiger partial charge in [-0.1, -0.05) is 32.9 Å². The van der Waals surface area contributed by atoms with Crippen LogP contribution >= 0.6 is 12.4 Å². The highest BCUT2D eigenvalue weighted by atomic mass is 35.5. The van der Waals surface area contributed by atoms with Gasteiger partial charge < -0.3 is 10.3 Å². The van der Waals surface area contributed by atoms with Crippen molar-refractivity contribution in [2.75, 3.05) is 6.54 Å². The summed E-state index contributed by atoms with van der Waals surface area (Å²) in [6, 6.07) is 2.04. The molecule has 0 aliphatic heterocycles. The number of hydrogen-bond acceptors (Lipinski definition) is 3. The molecule has 1 aromatic rings. The Morgan fingerprint density at radius 1 is 1.47 bits per heavy atom. The van der Waals surface area contributed by atoms with Gasteiger partial charge in [0, 0.05) is 17.4 Å². The molecule has 4 heteroatoms. The molecular formula is C11H21ClN2O. The van der Waals surface area contributed by atoms with Gasteiger partial charge in [-0.2, -0.15) is 0 Å². The first-order chi connectivity index (χ1) is 6.45. The molecule has 0 radical (unpaired) electrons. The highest BCUT2D eigenvalue weighted by Crippen LogP contribution is 2.26. The number of nitrogens with two attached hydrogens (primary N) is 1. The van der Waals surface area contributed by atoms with Crippen molar-refractivity contribution in [2.24, 2.45) is 5.73 Å². The summed E-state index contributed by atoms with van der Waals surface area (Å²) in [6.07, 6.45) is 0.954. The highest BCUT2D eigenvalue weighted by Gasteiger charge is 2.21. The Hall–Kier alpha value is -0.540. The van der Waals surface area contributed by atoms with E-state index in [0.717, 1.165) is 17.9 Å². The maximum Gasteiger partial charge on any atom is 0.142 e. The lowest BCUT2D eigenvalue weighted by molar-refractivity contribution is 0.323. The predicted octanol–water partition coefficient (Wildman–Crippen LogP) is 2.85. The second kappa shape index (κ2) is 5.52. The first-order valence-corrected chi connectivity index (χ1v) is 5.12. The van der Waals surface area contributed by atoms with Crippen molar-refractivity contribution in [3.05, 3.63) is 17.5 Å². The third-order valence-corrected chi connectivity index (χ3v) is 2.37. The lowest BCUT2D eigenvalue weighted by Gasteiger charge is -2.12. The van der Waals surface area contributed by atoms with Crippen LogP contribution in [-0.2, 0) is 5.41 Å². The molecule has 1 aromatic heterocycles. The Balaban J connectivity index is 0.00000196. The molecule has 3 nitrogen and oxygen atoms in total. The van der Waals surface area contributed by atoms with Crippen molar-refractivity contribution in [1.29, 1.82) is 0 Å². The van der Waals surface area contributed by atoms with Crippen LogP contribution in [0.2, 0.25) is 0 Å². The largest absolute Gasteiger partial charge is 0.361 e. The van der Waals surface area contributed by atoms with Gasteiger partial charge in [-0.05, 0) is 13.0 Å². The van der Waals surface area contributed by atoms with E-state index in [0.29, 0.717) is 12.5 Å². The van der Waals surface area contributed by atoms with Crippen molar-refractivity contribution in [3.8, 4) is 0 Å². The van der Waals surface area contributed by atoms with Gasteiger partial charge in [0.05, 0.1) is 5.69 Å². The molecular weight excluding hydrogens is 212 g/mol. The summed E-state index contributed by atoms with van der Waals surface area (Å²) in [6.45, 7) is 9.16. The quantitative estimate of drug-likeness (QED) is 0.872. The summed E-state index contributed by atoms with van der Waals surface area (Å²) in [5.41, 5.74) is 6.55. The predicted molar refractivity (Wildman–Crippen MR) is 64.5 cm³/mol. The lowest BCUT2D eigenvalue weighted by Crippen LogP contribution is -2.09. The Bertz CT molecular complexity index is 291. The maximum absolute atomic E-state index is 5.50. The van der Waals surface area contributed by atoms with E-state index >= 15 is 0 Å². The minimum Gasteiger partial charge on any atom is -0.361 e. The van der Waals surface area contributed by atoms with E-state index < -0.39 is 0 Å². The second-order valence-electron chi connectivity index (χ2n) is 4.84. The second-order valence-corrected chi connectivity index (χ2v) is 4.84. The molecule has 1 atom stereocenters. The molecule has 15 heavy (non-hydrogen) atoms. The zero-order valence-corrected chi connectivity index (χ0v) is 10.7. The van der Waals surface area contributed by atoms with Gasteiger partial charge in [-0.15, -0.1) is 12.4 Å². The fourth-order valence-corrected chi connectivity index (χ4v) is 1.27. The zero-order chi connectivity index (χ0) is 10.8. The molecule has 1 rings (SSSR count). The number of hydrogen-bond donors (Lipinski definition) is 1. The fraction of sp³-hybridized carbons (Fsp3) is 0.727. The van der Waals surface area contributed by atoms with Crippen LogP contribution in [0.4, 0.5) is 0 Å². The Morgan fingerprint density at radius 3 is 2.47 bits per heavy atom. The monoisotopic (exact) mass is 232 g/mol. The molecule has 0 aliphatic carbocycles. The topological polar surface area (TPSA) is 52.0 Å². The van der Waals surface area contributed by atoms with Crippen LogP contribution in [0, 0.1) is 0 Å². The maximum atomic E-state index is 5.50. The molecule has 1 heterocycles. The molecule has 0 fully saturated rings. The third-order valence-electron chi connectivity index (χ3n) is 2.37. The lowest BCUT2D eigenvalue weighted by atomic mass is 9.92. The molecule has 0 aromatic carbocycles. The van der Waals surface area contributed by atoms with Crippen LogP contribution in [-0.4, -0.2) is 11.7 Å². The van der Waals surface area contributed by atoms with E-state index in [9.17, 15) is 0 Å². The Morgan fingerprint density at radius 2 is 2.07 bits per heavy atom. The van der Waals surface area contributed by atoms with Gasteiger partial charge in [0.15, 0.2) is 0 Å². The average Bonchev–Trinajstić information content (AvgIpc) is 2.51. The highest BCUT2D eigenvalue weighted by molar-refractivity contribution is 5.85. The average molecular weight is 233 g/mol. The van der Waals surface area contributed by atoms with Gasteiger partial charge in [0.1, 0.15) is 5.76 Å². The number of halogens is 1. The standard InChI is InChI=1S/C11H20N2O.ClH/c1-8(5-6-12)9-7-10(14-13-9)11(2,3)4;/h7-8H,5-6,12H2,1-4H3;1H. The smallest absolute Gasteiger partial charge is 0.142 e. The molecule has 0 aliphatic rings. The van der Waals surface area contributed by atoms with Crippen LogP contribution in [0.15, 0.2) is 10.6 Å². The minimum absolute atomic E-state index is 0. The van der Waals surface area contributed by atoms with Crippen molar-refractivity contribution in [2.45, 2.75) is 45.4 Å². The van der Waals surface area contributed by atoms with Gasteiger partial charge in [0.25, 0.3) is 0 Å². The van der Waals surface area contributed by atoms with Crippen LogP contribution in [0.25, 0.3) is 0 Å². The van der Waals surface area contributed by atoms with Crippen molar-refractivity contribution in [1.82, 2.24) is 5.16 Å². The number of rotatable bonds is 3. The molecule has 88 valence electrons. The van der Waals surface area contributed by atoms with Gasteiger partial charge in [-0.3, -0.25) is 0 Å². The van der Waals surface area contributed by atoms with Crippen LogP contribution < -0.4 is 5.73 Å². The van der Waals surface area contributed by atoms with E-state index in [-0.39, 0.29) is 17.8 Å². The molecule has 0 bridgehead atoms. The molecule has 2 N–H and O–H groups in total. The van der Waals surface area contributed by atoms with Crippen molar-refractivity contribution in [3.63, 3.8) is 0 Å². The summed E-state index contributed by atoms with van der Waals surface area (Å²) in [5.74, 6) is 1.33. The van der Waals surface area contributed by atoms with E-state index in [1.165, 1.54) is 0 Å². The summed E-state index contributed by atoms with van der Waals surface area (Å²) in [7, 11) is 0. The minimum atomic E-state index is 0. The molecule has 0 spiro atoms. The summed E-state index contributed by atoms with van der Waals surface area (Å²) in [4.78, 5) is 0. The van der Waals surface area contributed by atoms with E-state index in [1.54, 1.807) is 0 Å². The van der Waals surface area contributed by atoms with Crippen molar-refractivity contribution >= 4 is 12.4 Å². The van der Waals surface area contributed by atoms with E-state index in [1.807, 2.05) is 6.07 Å². The summed E-state index contributed by atoms with van der Waals surface area (Å²) in [5, 5.41) is 4.07. The van der Waals surface area contributed by atoms with E-state index in [4.69, 9.17) is 10.3 Å². The fourth-order valence-electron chi connectivity index (χ4n) is 1.27. The Kier molecular flexibility index (Phi) is 5.32. The SMILES string of the molecule is CC(CCN)c1cc(C(C)(C)C)on1.Cl. The first-order valence-electron chi connectivity index (χ1n) is 5.12. The molecule has 1 unspecified atom stereocenters. The zero-order valence-electron chi connectivity index (χ0n) is 9.91. The van der Waals surface area contributed by atoms with Gasteiger partial charge in [0.2, 0.25) is 0 Å². The number of aromatic nitrogens is 1. The number of nitrogens with zero attached hydrogens (tertiary/aromatic N) is 1. The summed E-state index contributed by atoms with van der Waals surface area (Å²) < 4.78 is 5.31. The molecule has 0 saturated heterocycles. The third kappa shape index (κ3) is 3.84. The van der Waals surface area contributed by atoms with Crippen LogP contribution in [0.5, 0.6) is 0 Å². The van der Waals surface area contributed by atoms with Crippen LogP contribution in [0.1, 0.15) is 51.5 Å². The molecule has 0 amide bonds. The Labute approximate surface area is 97.8 Å². The van der Waals surface area contributed by atoms with Gasteiger partial charge in [-0.25, -0.2) is 0 Å². The summed E-state index contributed by atoms with van der Waals surface area (Å²) >= 11 is 0. The first kappa shape index (κ1) is 14.5. The van der Waals surface area contributed by atoms with E-state index in [2.05, 4.69) is 32.9 Å². The van der Waals surface area contributed by atoms with Crippen LogP contribution in [0.3, 0.4) is 0 Å². The molecule has 0 saturated carbocycles. The normalized spacial score (nSPS) is 13.4. The van der Waals surface area contributed by atoms with Crippen molar-refractivity contribution < 1.29 is 4.52 Å². The van der Waals surface area contributed by atoms with Gasteiger partial charge >= 0.3 is 0 Å².